The van der Waals surface area contributed by atoms with Crippen molar-refractivity contribution in [2.45, 2.75) is 67.2 Å². The summed E-state index contributed by atoms with van der Waals surface area (Å²) in [6.07, 6.45) is 3.95. The Kier molecular flexibility index (Phi) is 23.4. The molecule has 0 unspecified atom stereocenters. The molecule has 0 aliphatic carbocycles. The second kappa shape index (κ2) is 19.3. The van der Waals surface area contributed by atoms with Gasteiger partial charge in [-0.1, -0.05) is 41.0 Å². The normalized spacial score (nSPS) is 8.63. The van der Waals surface area contributed by atoms with Crippen molar-refractivity contribution in [1.82, 2.24) is 10.6 Å². The van der Waals surface area contributed by atoms with Gasteiger partial charge in [-0.25, -0.2) is 4.79 Å². The first-order valence-corrected chi connectivity index (χ1v) is 7.39. The Morgan fingerprint density at radius 3 is 1.95 bits per heavy atom. The van der Waals surface area contributed by atoms with E-state index < -0.39 is 0 Å². The highest BCUT2D eigenvalue weighted by atomic mass is 16.2. The third-order valence-corrected chi connectivity index (χ3v) is 2.12. The third-order valence-electron chi connectivity index (χ3n) is 2.12. The van der Waals surface area contributed by atoms with Crippen molar-refractivity contribution in [3.8, 4) is 0 Å². The average molecular weight is 274 g/mol. The number of rotatable bonds is 6. The highest BCUT2D eigenvalue weighted by Gasteiger charge is 1.95. The molecule has 4 heteroatoms. The molecule has 0 saturated carbocycles. The van der Waals surface area contributed by atoms with Crippen molar-refractivity contribution in [2.75, 3.05) is 13.6 Å². The fourth-order valence-corrected chi connectivity index (χ4v) is 0.959. The Balaban J connectivity index is -0.000000239. The number of amides is 2. The quantitative estimate of drug-likeness (QED) is 0.725. The zero-order chi connectivity index (χ0) is 15.7. The van der Waals surface area contributed by atoms with Crippen LogP contribution in [0.1, 0.15) is 67.2 Å². The maximum Gasteiger partial charge on any atom is 0.314 e. The molecule has 0 atom stereocenters. The highest BCUT2D eigenvalue weighted by molar-refractivity contribution is 5.75. The number of urea groups is 1. The van der Waals surface area contributed by atoms with Crippen molar-refractivity contribution in [1.29, 1.82) is 0 Å². The maximum absolute atomic E-state index is 10.5. The third kappa shape index (κ3) is 31.6. The first-order valence-electron chi connectivity index (χ1n) is 7.39. The summed E-state index contributed by atoms with van der Waals surface area (Å²) in [5, 5.41) is 5.16. The summed E-state index contributed by atoms with van der Waals surface area (Å²) in [6.45, 7) is 12.8. The Morgan fingerprint density at radius 1 is 1.16 bits per heavy atom. The minimum Gasteiger partial charge on any atom is -0.341 e. The molecule has 0 aromatic heterocycles. The molecule has 0 aromatic carbocycles. The van der Waals surface area contributed by atoms with E-state index in [-0.39, 0.29) is 6.03 Å². The molecule has 0 heterocycles. The summed E-state index contributed by atoms with van der Waals surface area (Å²) in [6, 6.07) is -0.0940. The molecular weight excluding hydrogens is 240 g/mol. The number of ketones is 1. The minimum absolute atomic E-state index is 0.0940. The molecule has 0 fully saturated rings. The molecule has 19 heavy (non-hydrogen) atoms. The fourth-order valence-electron chi connectivity index (χ4n) is 0.959. The van der Waals surface area contributed by atoms with E-state index in [1.54, 1.807) is 14.0 Å². The average Bonchev–Trinajstić information content (AvgIpc) is 2.39. The molecular formula is C15H34N2O2. The zero-order valence-electron chi connectivity index (χ0n) is 13.9. The predicted molar refractivity (Wildman–Crippen MR) is 83.5 cm³/mol. The van der Waals surface area contributed by atoms with Crippen LogP contribution in [0, 0.1) is 5.92 Å². The van der Waals surface area contributed by atoms with E-state index in [0.29, 0.717) is 11.7 Å². The SMILES string of the molecule is CC.CC(=O)CCC(C)C.CCCCNC(=O)NC. The number of unbranched alkanes of at least 4 members (excludes halogenated alkanes) is 1. The lowest BCUT2D eigenvalue weighted by Crippen LogP contribution is -2.33. The number of Topliss-reactive ketones (excluding diaryl/α,β-unsaturated/α-hetero) is 1. The van der Waals surface area contributed by atoms with Crippen LogP contribution in [0.15, 0.2) is 0 Å². The van der Waals surface area contributed by atoms with Crippen LogP contribution in [0.4, 0.5) is 4.79 Å². The monoisotopic (exact) mass is 274 g/mol. The summed E-state index contributed by atoms with van der Waals surface area (Å²) in [5.41, 5.74) is 0. The van der Waals surface area contributed by atoms with Crippen LogP contribution in [0.2, 0.25) is 0 Å². The summed E-state index contributed by atoms with van der Waals surface area (Å²) >= 11 is 0. The topological polar surface area (TPSA) is 58.2 Å². The van der Waals surface area contributed by atoms with Gasteiger partial charge < -0.3 is 15.4 Å². The van der Waals surface area contributed by atoms with E-state index in [1.165, 1.54) is 0 Å². The van der Waals surface area contributed by atoms with E-state index in [9.17, 15) is 9.59 Å². The van der Waals surface area contributed by atoms with Gasteiger partial charge in [0.2, 0.25) is 0 Å². The Labute approximate surface area is 119 Å². The van der Waals surface area contributed by atoms with Crippen LogP contribution in [0.25, 0.3) is 0 Å². The number of carbonyl (C=O) groups excluding carboxylic acids is 2. The lowest BCUT2D eigenvalue weighted by molar-refractivity contribution is -0.117. The number of hydrogen-bond acceptors (Lipinski definition) is 2. The Bertz CT molecular complexity index is 204. The second-order valence-electron chi connectivity index (χ2n) is 4.49. The lowest BCUT2D eigenvalue weighted by Gasteiger charge is -2.00. The molecule has 2 N–H and O–H groups in total. The fraction of sp³-hybridized carbons (Fsp3) is 0.867. The van der Waals surface area contributed by atoms with Crippen molar-refractivity contribution in [3.63, 3.8) is 0 Å². The van der Waals surface area contributed by atoms with Crippen LogP contribution in [0.3, 0.4) is 0 Å². The largest absolute Gasteiger partial charge is 0.341 e. The lowest BCUT2D eigenvalue weighted by atomic mass is 10.1. The van der Waals surface area contributed by atoms with E-state index in [4.69, 9.17) is 0 Å². The molecule has 0 rings (SSSR count). The van der Waals surface area contributed by atoms with Gasteiger partial charge in [0.1, 0.15) is 5.78 Å². The van der Waals surface area contributed by atoms with Gasteiger partial charge in [0.15, 0.2) is 0 Å². The summed E-state index contributed by atoms with van der Waals surface area (Å²) in [4.78, 5) is 20.8. The molecule has 0 bridgehead atoms. The van der Waals surface area contributed by atoms with Gasteiger partial charge in [-0.2, -0.15) is 0 Å². The minimum atomic E-state index is -0.0940. The van der Waals surface area contributed by atoms with Crippen molar-refractivity contribution in [3.05, 3.63) is 0 Å². The second-order valence-corrected chi connectivity index (χ2v) is 4.49. The highest BCUT2D eigenvalue weighted by Crippen LogP contribution is 2.02. The molecule has 116 valence electrons. The van der Waals surface area contributed by atoms with Gasteiger partial charge in [-0.15, -0.1) is 0 Å². The molecule has 0 radical (unpaired) electrons. The van der Waals surface area contributed by atoms with Crippen molar-refractivity contribution >= 4 is 11.8 Å². The van der Waals surface area contributed by atoms with E-state index >= 15 is 0 Å². The molecule has 2 amide bonds. The number of carbonyl (C=O) groups is 2. The summed E-state index contributed by atoms with van der Waals surface area (Å²) in [7, 11) is 1.61. The van der Waals surface area contributed by atoms with Gasteiger partial charge in [0.05, 0.1) is 0 Å². The van der Waals surface area contributed by atoms with Gasteiger partial charge in [0, 0.05) is 20.0 Å². The number of hydrogen-bond donors (Lipinski definition) is 2. The van der Waals surface area contributed by atoms with Gasteiger partial charge in [0.25, 0.3) is 0 Å². The van der Waals surface area contributed by atoms with E-state index in [1.807, 2.05) is 13.8 Å². The van der Waals surface area contributed by atoms with Crippen LogP contribution >= 0.6 is 0 Å². The van der Waals surface area contributed by atoms with Crippen LogP contribution in [0.5, 0.6) is 0 Å². The summed E-state index contributed by atoms with van der Waals surface area (Å²) in [5.74, 6) is 0.970. The molecule has 4 nitrogen and oxygen atoms in total. The van der Waals surface area contributed by atoms with Crippen molar-refractivity contribution < 1.29 is 9.59 Å². The molecule has 0 saturated heterocycles. The molecule has 0 aromatic rings. The van der Waals surface area contributed by atoms with Gasteiger partial charge >= 0.3 is 6.03 Å². The first kappa shape index (κ1) is 23.1. The van der Waals surface area contributed by atoms with Crippen LogP contribution < -0.4 is 10.6 Å². The standard InChI is InChI=1S/C7H14O.C6H14N2O.C2H6/c1-6(2)4-5-7(3)8;1-3-4-5-8-6(9)7-2;1-2/h6H,4-5H2,1-3H3;3-5H2,1-2H3,(H2,7,8,9);1-2H3. The van der Waals surface area contributed by atoms with Crippen LogP contribution in [-0.4, -0.2) is 25.4 Å². The maximum atomic E-state index is 10.5. The zero-order valence-corrected chi connectivity index (χ0v) is 13.9. The Morgan fingerprint density at radius 2 is 1.68 bits per heavy atom. The van der Waals surface area contributed by atoms with Crippen LogP contribution in [-0.2, 0) is 4.79 Å². The molecule has 0 aliphatic heterocycles. The predicted octanol–water partition coefficient (Wildman–Crippen LogP) is 3.75. The molecule has 0 aliphatic rings. The molecule has 0 spiro atoms. The Hall–Kier alpha value is -1.06. The number of nitrogens with one attached hydrogen (secondary N) is 2. The smallest absolute Gasteiger partial charge is 0.314 e. The van der Waals surface area contributed by atoms with Crippen molar-refractivity contribution in [2.24, 2.45) is 5.92 Å². The van der Waals surface area contributed by atoms with E-state index in [0.717, 1.165) is 32.2 Å². The first-order chi connectivity index (χ1) is 8.93. The van der Waals surface area contributed by atoms with E-state index in [2.05, 4.69) is 31.4 Å². The summed E-state index contributed by atoms with van der Waals surface area (Å²) < 4.78 is 0. The van der Waals surface area contributed by atoms with Gasteiger partial charge in [-0.05, 0) is 25.7 Å². The van der Waals surface area contributed by atoms with Gasteiger partial charge in [-0.3, -0.25) is 0 Å².